The Morgan fingerprint density at radius 3 is 1.92 bits per heavy atom. The van der Waals surface area contributed by atoms with Gasteiger partial charge in [0.2, 0.25) is 0 Å². The van der Waals surface area contributed by atoms with E-state index < -0.39 is 18.0 Å². The second kappa shape index (κ2) is 14.2. The van der Waals surface area contributed by atoms with Crippen molar-refractivity contribution < 1.29 is 84.6 Å². The van der Waals surface area contributed by atoms with Gasteiger partial charge in [-0.05, 0) is 6.42 Å². The van der Waals surface area contributed by atoms with Crippen molar-refractivity contribution >= 4 is 49.7 Å². The zero-order chi connectivity index (χ0) is 8.15. The first-order valence-electron chi connectivity index (χ1n) is 2.74. The van der Waals surface area contributed by atoms with E-state index in [0.29, 0.717) is 0 Å². The first-order chi connectivity index (χ1) is 4.54. The Hall–Kier alpha value is 2.16. The van der Waals surface area contributed by atoms with E-state index in [1.54, 1.807) is 0 Å². The van der Waals surface area contributed by atoms with Crippen LogP contribution in [0.1, 0.15) is 18.5 Å². The maximum atomic E-state index is 9.99. The minimum atomic E-state index is -1.17. The molecule has 0 amide bonds. The van der Waals surface area contributed by atoms with Crippen LogP contribution in [0.2, 0.25) is 0 Å². The number of carboxylic acids is 2. The number of rotatable bonds is 4. The summed E-state index contributed by atoms with van der Waals surface area (Å²) in [5, 5.41) is 16.3. The molecule has 0 aliphatic heterocycles. The Labute approximate surface area is 156 Å². The van der Waals surface area contributed by atoms with Crippen molar-refractivity contribution in [2.24, 2.45) is 5.73 Å². The van der Waals surface area contributed by atoms with Gasteiger partial charge in [0.1, 0.15) is 6.04 Å². The molecule has 0 heterocycles. The average molecular weight is 237 g/mol. The Kier molecular flexibility index (Phi) is 26.6. The molecular weight excluding hydrogens is 224 g/mol. The number of carboxylic acid groups (broad SMARTS) is 2. The molecule has 0 aromatic rings. The molecule has 0 saturated heterocycles. The largest absolute Gasteiger partial charge is 2.00 e. The molecule has 0 fully saturated rings. The van der Waals surface area contributed by atoms with Crippen LogP contribution in [-0.4, -0.2) is 65.9 Å². The molecular formula is C5H13CaNNa2O4. The predicted molar refractivity (Wildman–Crippen MR) is 42.7 cm³/mol. The van der Waals surface area contributed by atoms with Gasteiger partial charge in [-0.25, -0.2) is 0 Å². The second-order valence-corrected chi connectivity index (χ2v) is 1.88. The summed E-state index contributed by atoms with van der Waals surface area (Å²) in [6, 6.07) is -1.06. The topological polar surface area (TPSA) is 101 Å². The minimum absolute atomic E-state index is 0. The first kappa shape index (κ1) is 24.4. The zero-order valence-corrected chi connectivity index (χ0v) is 14.2. The Morgan fingerprint density at radius 1 is 1.31 bits per heavy atom. The molecule has 0 radical (unpaired) electrons. The average Bonchev–Trinajstić information content (AvgIpc) is 1.82. The van der Waals surface area contributed by atoms with E-state index in [9.17, 15) is 9.59 Å². The Morgan fingerprint density at radius 2 is 1.69 bits per heavy atom. The van der Waals surface area contributed by atoms with Gasteiger partial charge in [-0.3, -0.25) is 9.59 Å². The Bertz CT molecular complexity index is 171. The zero-order valence-electron chi connectivity index (χ0n) is 12.0. The van der Waals surface area contributed by atoms with E-state index >= 15 is 0 Å². The van der Waals surface area contributed by atoms with Gasteiger partial charge in [0.05, 0.1) is 0 Å². The normalized spacial score (nSPS) is 9.62. The van der Waals surface area contributed by atoms with Crippen molar-refractivity contribution in [1.29, 1.82) is 0 Å². The van der Waals surface area contributed by atoms with Crippen LogP contribution in [0.4, 0.5) is 0 Å². The van der Waals surface area contributed by atoms with E-state index in [1.807, 2.05) is 0 Å². The third-order valence-electron chi connectivity index (χ3n) is 0.986. The summed E-state index contributed by atoms with van der Waals surface area (Å²) in [6.45, 7) is 0. The van der Waals surface area contributed by atoms with Gasteiger partial charge in [-0.15, -0.1) is 0 Å². The van der Waals surface area contributed by atoms with Crippen LogP contribution in [0, 0.1) is 0 Å². The van der Waals surface area contributed by atoms with Crippen molar-refractivity contribution in [2.75, 3.05) is 0 Å². The van der Waals surface area contributed by atoms with Crippen LogP contribution in [-0.2, 0) is 9.59 Å². The van der Waals surface area contributed by atoms with E-state index in [0.717, 1.165) is 0 Å². The Balaban J connectivity index is -0.0000000193. The maximum Gasteiger partial charge on any atom is 2.00 e. The monoisotopic (exact) mass is 237 g/mol. The molecule has 4 N–H and O–H groups in total. The van der Waals surface area contributed by atoms with Crippen molar-refractivity contribution in [2.45, 2.75) is 18.9 Å². The minimum Gasteiger partial charge on any atom is -1.00 e. The predicted octanol–water partition coefficient (Wildman–Crippen LogP) is -6.66. The molecule has 5 nitrogen and oxygen atoms in total. The second-order valence-electron chi connectivity index (χ2n) is 1.88. The van der Waals surface area contributed by atoms with E-state index in [1.165, 1.54) is 0 Å². The van der Waals surface area contributed by atoms with Gasteiger partial charge >= 0.3 is 109 Å². The standard InChI is InChI=1S/C5H9NO4.Ca.2Na.4H/c6-3(5(9)10)1-2-4(7)8;;;;;;;/h3H,1-2,6H2,(H,7,8)(H,9,10);;;;;;;/q;+2;2*+1;4*-1/t3-;;;;;;;/m0......./s1. The molecule has 0 unspecified atom stereocenters. The third-order valence-corrected chi connectivity index (χ3v) is 0.986. The fraction of sp³-hybridized carbons (Fsp3) is 0.600. The van der Waals surface area contributed by atoms with Crippen molar-refractivity contribution in [1.82, 2.24) is 0 Å². The smallest absolute Gasteiger partial charge is 1.00 e. The quantitative estimate of drug-likeness (QED) is 0.422. The molecule has 66 valence electrons. The first-order valence-corrected chi connectivity index (χ1v) is 2.74. The molecule has 0 aliphatic rings. The molecule has 8 heteroatoms. The molecule has 0 aromatic carbocycles. The van der Waals surface area contributed by atoms with Crippen LogP contribution >= 0.6 is 0 Å². The van der Waals surface area contributed by atoms with Crippen LogP contribution < -0.4 is 64.8 Å². The summed E-state index contributed by atoms with van der Waals surface area (Å²) in [5.41, 5.74) is 5.00. The molecule has 0 aliphatic carbocycles. The van der Waals surface area contributed by atoms with Gasteiger partial charge in [0.15, 0.2) is 0 Å². The van der Waals surface area contributed by atoms with Gasteiger partial charge in [0.25, 0.3) is 0 Å². The molecule has 0 spiro atoms. The summed E-state index contributed by atoms with van der Waals surface area (Å²) >= 11 is 0. The van der Waals surface area contributed by atoms with Crippen LogP contribution in [0.5, 0.6) is 0 Å². The maximum absolute atomic E-state index is 9.99. The number of hydrogen-bond acceptors (Lipinski definition) is 3. The number of hydrogen-bond donors (Lipinski definition) is 3. The van der Waals surface area contributed by atoms with Crippen LogP contribution in [0.25, 0.3) is 0 Å². The molecule has 0 saturated carbocycles. The van der Waals surface area contributed by atoms with Gasteiger partial charge in [-0.2, -0.15) is 0 Å². The van der Waals surface area contributed by atoms with Crippen LogP contribution in [0.3, 0.4) is 0 Å². The van der Waals surface area contributed by atoms with Gasteiger partial charge in [0, 0.05) is 6.42 Å². The third kappa shape index (κ3) is 16.8. The number of carbonyl (C=O) groups is 2. The molecule has 0 aromatic heterocycles. The number of nitrogens with two attached hydrogens (primary N) is 1. The molecule has 13 heavy (non-hydrogen) atoms. The fourth-order valence-electron chi connectivity index (χ4n) is 0.402. The summed E-state index contributed by atoms with van der Waals surface area (Å²) in [4.78, 5) is 19.9. The summed E-state index contributed by atoms with van der Waals surface area (Å²) in [5.74, 6) is -2.20. The summed E-state index contributed by atoms with van der Waals surface area (Å²) < 4.78 is 0. The van der Waals surface area contributed by atoms with Gasteiger partial charge in [-0.1, -0.05) is 0 Å². The SMILES string of the molecule is N[C@@H](CCC(=O)O)C(=O)O.[Ca+2].[H-].[H-].[H-].[H-].[Na+].[Na+]. The fourth-order valence-corrected chi connectivity index (χ4v) is 0.402. The van der Waals surface area contributed by atoms with E-state index in [-0.39, 0.29) is 115 Å². The summed E-state index contributed by atoms with van der Waals surface area (Å²) in [7, 11) is 0. The van der Waals surface area contributed by atoms with Crippen molar-refractivity contribution in [3.8, 4) is 0 Å². The van der Waals surface area contributed by atoms with Crippen molar-refractivity contribution in [3.63, 3.8) is 0 Å². The molecule has 0 bridgehead atoms. The number of aliphatic carboxylic acids is 2. The van der Waals surface area contributed by atoms with Crippen molar-refractivity contribution in [3.05, 3.63) is 0 Å². The van der Waals surface area contributed by atoms with Gasteiger partial charge < -0.3 is 21.7 Å². The van der Waals surface area contributed by atoms with E-state index in [2.05, 4.69) is 0 Å². The van der Waals surface area contributed by atoms with Crippen LogP contribution in [0.15, 0.2) is 0 Å². The van der Waals surface area contributed by atoms with E-state index in [4.69, 9.17) is 15.9 Å². The molecule has 1 atom stereocenters. The molecule has 0 rings (SSSR count). The summed E-state index contributed by atoms with van der Waals surface area (Å²) in [6.07, 6.45) is -0.224.